The number of carbonyl (C=O) groups is 1. The van der Waals surface area contributed by atoms with Crippen LogP contribution in [0.4, 0.5) is 5.13 Å². The minimum absolute atomic E-state index is 0.0870. The molecule has 2 N–H and O–H groups in total. The Morgan fingerprint density at radius 3 is 3.15 bits per heavy atom. The van der Waals surface area contributed by atoms with E-state index in [2.05, 4.69) is 15.6 Å². The Balaban J connectivity index is 1.46. The number of fused-ring (bicyclic) bond motifs is 1. The fourth-order valence-corrected chi connectivity index (χ4v) is 3.82. The van der Waals surface area contributed by atoms with Crippen molar-refractivity contribution in [2.45, 2.75) is 45.3 Å². The molecule has 5 nitrogen and oxygen atoms in total. The third-order valence-electron chi connectivity index (χ3n) is 3.92. The van der Waals surface area contributed by atoms with Gasteiger partial charge in [-0.3, -0.25) is 4.79 Å². The van der Waals surface area contributed by atoms with Crippen LogP contribution in [0.15, 0.2) is 0 Å². The third kappa shape index (κ3) is 3.19. The first-order valence-electron chi connectivity index (χ1n) is 7.35. The summed E-state index contributed by atoms with van der Waals surface area (Å²) in [5.41, 5.74) is 1.14. The van der Waals surface area contributed by atoms with Crippen LogP contribution in [0.25, 0.3) is 0 Å². The van der Waals surface area contributed by atoms with Gasteiger partial charge in [-0.1, -0.05) is 0 Å². The SMILES string of the molecule is CCOC1CC(CC(=O)Nc2nc3c(s2)CNCC3)C1. The molecule has 6 heteroatoms. The fraction of sp³-hybridized carbons (Fsp3) is 0.714. The summed E-state index contributed by atoms with van der Waals surface area (Å²) >= 11 is 1.59. The summed E-state index contributed by atoms with van der Waals surface area (Å²) in [4.78, 5) is 17.8. The van der Waals surface area contributed by atoms with E-state index >= 15 is 0 Å². The van der Waals surface area contributed by atoms with Crippen molar-refractivity contribution in [2.24, 2.45) is 5.92 Å². The topological polar surface area (TPSA) is 63.2 Å². The van der Waals surface area contributed by atoms with Crippen molar-refractivity contribution in [2.75, 3.05) is 18.5 Å². The van der Waals surface area contributed by atoms with Crippen molar-refractivity contribution in [3.05, 3.63) is 10.6 Å². The standard InChI is InChI=1S/C14H21N3O2S/c1-2-19-10-5-9(6-10)7-13(18)17-14-16-11-3-4-15-8-12(11)20-14/h9-10,15H,2-8H2,1H3,(H,16,17,18). The van der Waals surface area contributed by atoms with Crippen LogP contribution in [0, 0.1) is 5.92 Å². The molecule has 2 aliphatic rings. The minimum atomic E-state index is 0.0870. The maximum Gasteiger partial charge on any atom is 0.226 e. The number of anilines is 1. The molecule has 20 heavy (non-hydrogen) atoms. The summed E-state index contributed by atoms with van der Waals surface area (Å²) in [5.74, 6) is 0.562. The van der Waals surface area contributed by atoms with E-state index in [9.17, 15) is 4.79 Å². The molecule has 1 fully saturated rings. The van der Waals surface area contributed by atoms with Gasteiger partial charge in [0.1, 0.15) is 0 Å². The first kappa shape index (κ1) is 14.0. The maximum atomic E-state index is 12.0. The summed E-state index contributed by atoms with van der Waals surface area (Å²) in [6, 6.07) is 0. The molecule has 110 valence electrons. The van der Waals surface area contributed by atoms with Crippen LogP contribution in [0.3, 0.4) is 0 Å². The summed E-state index contributed by atoms with van der Waals surface area (Å²) < 4.78 is 5.51. The van der Waals surface area contributed by atoms with Crippen LogP contribution in [-0.4, -0.2) is 30.1 Å². The monoisotopic (exact) mass is 295 g/mol. The van der Waals surface area contributed by atoms with Crippen molar-refractivity contribution in [1.82, 2.24) is 10.3 Å². The molecule has 1 aliphatic heterocycles. The predicted octanol–water partition coefficient (Wildman–Crippen LogP) is 1.93. The zero-order valence-electron chi connectivity index (χ0n) is 11.8. The Kier molecular flexibility index (Phi) is 4.33. The quantitative estimate of drug-likeness (QED) is 0.871. The van der Waals surface area contributed by atoms with Gasteiger partial charge in [-0.25, -0.2) is 4.98 Å². The lowest BCUT2D eigenvalue weighted by atomic mass is 9.80. The van der Waals surface area contributed by atoms with Gasteiger partial charge in [-0.2, -0.15) is 0 Å². The van der Waals surface area contributed by atoms with Gasteiger partial charge in [0.25, 0.3) is 0 Å². The lowest BCUT2D eigenvalue weighted by Crippen LogP contribution is -2.33. The van der Waals surface area contributed by atoms with Crippen LogP contribution in [0.1, 0.15) is 36.8 Å². The number of rotatable bonds is 5. The highest BCUT2D eigenvalue weighted by Gasteiger charge is 2.31. The molecule has 0 aromatic carbocycles. The van der Waals surface area contributed by atoms with Crippen molar-refractivity contribution in [3.63, 3.8) is 0 Å². The Morgan fingerprint density at radius 2 is 2.40 bits per heavy atom. The van der Waals surface area contributed by atoms with Crippen LogP contribution >= 0.6 is 11.3 Å². The molecule has 3 rings (SSSR count). The van der Waals surface area contributed by atoms with Crippen LogP contribution in [0.2, 0.25) is 0 Å². The minimum Gasteiger partial charge on any atom is -0.378 e. The van der Waals surface area contributed by atoms with Gasteiger partial charge in [-0.05, 0) is 25.7 Å². The normalized spacial score (nSPS) is 24.9. The molecule has 0 unspecified atom stereocenters. The molecule has 1 amide bonds. The van der Waals surface area contributed by atoms with Crippen molar-refractivity contribution >= 4 is 22.4 Å². The number of carbonyl (C=O) groups excluding carboxylic acids is 1. The molecular weight excluding hydrogens is 274 g/mol. The van der Waals surface area contributed by atoms with Crippen LogP contribution in [-0.2, 0) is 22.5 Å². The fourth-order valence-electron chi connectivity index (χ4n) is 2.82. The smallest absolute Gasteiger partial charge is 0.226 e. The van der Waals surface area contributed by atoms with Crippen molar-refractivity contribution < 1.29 is 9.53 Å². The number of aromatic nitrogens is 1. The summed E-state index contributed by atoms with van der Waals surface area (Å²) in [6.07, 6.45) is 3.95. The highest BCUT2D eigenvalue weighted by Crippen LogP contribution is 2.33. The first-order valence-corrected chi connectivity index (χ1v) is 8.17. The number of amides is 1. The highest BCUT2D eigenvalue weighted by atomic mass is 32.1. The molecule has 0 atom stereocenters. The maximum absolute atomic E-state index is 12.0. The number of thiazole rings is 1. The molecule has 1 aromatic rings. The lowest BCUT2D eigenvalue weighted by Gasteiger charge is -2.34. The van der Waals surface area contributed by atoms with E-state index in [1.807, 2.05) is 6.92 Å². The van der Waals surface area contributed by atoms with E-state index in [1.54, 1.807) is 11.3 Å². The van der Waals surface area contributed by atoms with E-state index in [0.717, 1.165) is 49.8 Å². The van der Waals surface area contributed by atoms with Crippen LogP contribution < -0.4 is 10.6 Å². The van der Waals surface area contributed by atoms with E-state index in [0.29, 0.717) is 18.4 Å². The Bertz CT molecular complexity index is 459. The number of nitrogens with zero attached hydrogens (tertiary/aromatic N) is 1. The van der Waals surface area contributed by atoms with Gasteiger partial charge in [-0.15, -0.1) is 11.3 Å². The third-order valence-corrected chi connectivity index (χ3v) is 4.93. The van der Waals surface area contributed by atoms with Crippen LogP contribution in [0.5, 0.6) is 0 Å². The molecule has 0 radical (unpaired) electrons. The second-order valence-corrected chi connectivity index (χ2v) is 6.57. The molecule has 0 saturated heterocycles. The summed E-state index contributed by atoms with van der Waals surface area (Å²) in [6.45, 7) is 4.63. The van der Waals surface area contributed by atoms with Crippen molar-refractivity contribution in [1.29, 1.82) is 0 Å². The molecule has 0 spiro atoms. The molecule has 1 aliphatic carbocycles. The van der Waals surface area contributed by atoms with E-state index in [-0.39, 0.29) is 5.91 Å². The average Bonchev–Trinajstić information content (AvgIpc) is 2.78. The van der Waals surface area contributed by atoms with E-state index in [4.69, 9.17) is 4.74 Å². The molecule has 2 heterocycles. The zero-order chi connectivity index (χ0) is 13.9. The average molecular weight is 295 g/mol. The molecule has 1 aromatic heterocycles. The number of ether oxygens (including phenoxy) is 1. The van der Waals surface area contributed by atoms with Gasteiger partial charge in [0.2, 0.25) is 5.91 Å². The summed E-state index contributed by atoms with van der Waals surface area (Å²) in [5, 5.41) is 7.02. The Hall–Kier alpha value is -0.980. The zero-order valence-corrected chi connectivity index (χ0v) is 12.6. The second kappa shape index (κ2) is 6.20. The van der Waals surface area contributed by atoms with Gasteiger partial charge < -0.3 is 15.4 Å². The predicted molar refractivity (Wildman–Crippen MR) is 78.9 cm³/mol. The molecule has 0 bridgehead atoms. The van der Waals surface area contributed by atoms with Gasteiger partial charge in [0, 0.05) is 37.4 Å². The largest absolute Gasteiger partial charge is 0.378 e. The van der Waals surface area contributed by atoms with Crippen molar-refractivity contribution in [3.8, 4) is 0 Å². The Morgan fingerprint density at radius 1 is 1.55 bits per heavy atom. The van der Waals surface area contributed by atoms with E-state index < -0.39 is 0 Å². The lowest BCUT2D eigenvalue weighted by molar-refractivity contribution is -0.119. The van der Waals surface area contributed by atoms with Gasteiger partial charge in [0.15, 0.2) is 5.13 Å². The summed E-state index contributed by atoms with van der Waals surface area (Å²) in [7, 11) is 0. The first-order chi connectivity index (χ1) is 9.74. The molecular formula is C14H21N3O2S. The number of nitrogens with one attached hydrogen (secondary N) is 2. The van der Waals surface area contributed by atoms with E-state index in [1.165, 1.54) is 4.88 Å². The number of hydrogen-bond acceptors (Lipinski definition) is 5. The Labute approximate surface area is 123 Å². The van der Waals surface area contributed by atoms with Gasteiger partial charge >= 0.3 is 0 Å². The number of hydrogen-bond donors (Lipinski definition) is 2. The molecule has 1 saturated carbocycles. The van der Waals surface area contributed by atoms with Gasteiger partial charge in [0.05, 0.1) is 11.8 Å². The highest BCUT2D eigenvalue weighted by molar-refractivity contribution is 7.15. The second-order valence-electron chi connectivity index (χ2n) is 5.48.